The molecule has 19 heavy (non-hydrogen) atoms. The van der Waals surface area contributed by atoms with Crippen molar-refractivity contribution in [1.29, 1.82) is 0 Å². The van der Waals surface area contributed by atoms with Crippen LogP contribution in [0.5, 0.6) is 0 Å². The smallest absolute Gasteiger partial charge is 0.307 e. The average molecular weight is 285 g/mol. The molecule has 3 aliphatic rings. The van der Waals surface area contributed by atoms with E-state index in [0.717, 1.165) is 39.0 Å². The summed E-state index contributed by atoms with van der Waals surface area (Å²) < 4.78 is 6.11. The van der Waals surface area contributed by atoms with E-state index in [1.165, 1.54) is 24.3 Å². The van der Waals surface area contributed by atoms with Gasteiger partial charge in [-0.2, -0.15) is 11.8 Å². The minimum absolute atomic E-state index is 0.107. The summed E-state index contributed by atoms with van der Waals surface area (Å²) >= 11 is 2.03. The number of carboxylic acids is 1. The molecule has 3 fully saturated rings. The Bertz CT molecular complexity index is 338. The summed E-state index contributed by atoms with van der Waals surface area (Å²) in [5, 5.41) is 9.12. The van der Waals surface area contributed by atoms with Crippen LogP contribution in [0, 0.1) is 5.92 Å². The second-order valence-electron chi connectivity index (χ2n) is 6.11. The molecule has 0 radical (unpaired) electrons. The molecule has 2 unspecified atom stereocenters. The molecule has 3 heterocycles. The highest BCUT2D eigenvalue weighted by Gasteiger charge is 2.42. The molecular formula is C14H23NO3S. The largest absolute Gasteiger partial charge is 0.481 e. The average Bonchev–Trinajstić information content (AvgIpc) is 2.89. The molecule has 0 amide bonds. The Balaban J connectivity index is 1.61. The minimum atomic E-state index is -0.627. The third-order valence-electron chi connectivity index (χ3n) is 4.96. The van der Waals surface area contributed by atoms with Gasteiger partial charge in [0.25, 0.3) is 0 Å². The summed E-state index contributed by atoms with van der Waals surface area (Å²) in [5.74, 6) is 1.65. The Labute approximate surface area is 118 Å². The van der Waals surface area contributed by atoms with Gasteiger partial charge in [-0.1, -0.05) is 0 Å². The van der Waals surface area contributed by atoms with Gasteiger partial charge >= 0.3 is 5.97 Å². The number of carboxylic acid groups (broad SMARTS) is 1. The standard InChI is InChI=1S/C14H23NO3S/c16-13(17)11-1-5-15(10-11)12-2-6-18-14(9-12)3-7-19-8-4-14/h11-12H,1-10H2,(H,16,17). The lowest BCUT2D eigenvalue weighted by molar-refractivity contribution is -0.141. The number of carbonyl (C=O) groups is 1. The van der Waals surface area contributed by atoms with Crippen LogP contribution >= 0.6 is 11.8 Å². The maximum absolute atomic E-state index is 11.1. The summed E-state index contributed by atoms with van der Waals surface area (Å²) in [5.41, 5.74) is 0.107. The molecule has 0 bridgehead atoms. The van der Waals surface area contributed by atoms with Gasteiger partial charge in [0.2, 0.25) is 0 Å². The normalized spacial score (nSPS) is 35.6. The number of likely N-dealkylation sites (tertiary alicyclic amines) is 1. The van der Waals surface area contributed by atoms with E-state index in [1.807, 2.05) is 11.8 Å². The van der Waals surface area contributed by atoms with Crippen molar-refractivity contribution >= 4 is 17.7 Å². The van der Waals surface area contributed by atoms with Gasteiger partial charge < -0.3 is 9.84 Å². The molecular weight excluding hydrogens is 262 g/mol. The maximum Gasteiger partial charge on any atom is 0.307 e. The highest BCUT2D eigenvalue weighted by molar-refractivity contribution is 7.99. The van der Waals surface area contributed by atoms with Gasteiger partial charge in [0.05, 0.1) is 11.5 Å². The van der Waals surface area contributed by atoms with Crippen LogP contribution in [0.1, 0.15) is 32.1 Å². The van der Waals surface area contributed by atoms with E-state index in [4.69, 9.17) is 9.84 Å². The van der Waals surface area contributed by atoms with Crippen molar-refractivity contribution in [1.82, 2.24) is 4.90 Å². The zero-order valence-corrected chi connectivity index (χ0v) is 12.2. The van der Waals surface area contributed by atoms with Gasteiger partial charge in [-0.05, 0) is 50.2 Å². The molecule has 3 aliphatic heterocycles. The van der Waals surface area contributed by atoms with E-state index in [0.29, 0.717) is 6.04 Å². The first-order chi connectivity index (χ1) is 9.19. The van der Waals surface area contributed by atoms with Crippen LogP contribution in [0.3, 0.4) is 0 Å². The summed E-state index contributed by atoms with van der Waals surface area (Å²) in [4.78, 5) is 13.5. The van der Waals surface area contributed by atoms with Crippen LogP contribution in [0.25, 0.3) is 0 Å². The predicted octanol–water partition coefficient (Wildman–Crippen LogP) is 1.84. The zero-order chi connectivity index (χ0) is 13.3. The van der Waals surface area contributed by atoms with Gasteiger partial charge in [0, 0.05) is 19.2 Å². The molecule has 3 saturated heterocycles. The zero-order valence-electron chi connectivity index (χ0n) is 11.3. The lowest BCUT2D eigenvalue weighted by Crippen LogP contribution is -2.49. The summed E-state index contributed by atoms with van der Waals surface area (Å²) in [6.45, 7) is 2.54. The molecule has 4 nitrogen and oxygen atoms in total. The molecule has 0 aromatic heterocycles. The Morgan fingerprint density at radius 2 is 2.11 bits per heavy atom. The molecule has 2 atom stereocenters. The van der Waals surface area contributed by atoms with Crippen LogP contribution < -0.4 is 0 Å². The van der Waals surface area contributed by atoms with Crippen LogP contribution in [-0.4, -0.2) is 58.8 Å². The highest BCUT2D eigenvalue weighted by Crippen LogP contribution is 2.39. The van der Waals surface area contributed by atoms with Crippen molar-refractivity contribution in [2.24, 2.45) is 5.92 Å². The van der Waals surface area contributed by atoms with Crippen LogP contribution in [0.4, 0.5) is 0 Å². The quantitative estimate of drug-likeness (QED) is 0.839. The molecule has 0 aromatic carbocycles. The number of hydrogen-bond donors (Lipinski definition) is 1. The van der Waals surface area contributed by atoms with Gasteiger partial charge in [-0.25, -0.2) is 0 Å². The first-order valence-electron chi connectivity index (χ1n) is 7.37. The molecule has 0 aliphatic carbocycles. The second kappa shape index (κ2) is 5.62. The fraction of sp³-hybridized carbons (Fsp3) is 0.929. The molecule has 1 spiro atoms. The number of aliphatic carboxylic acids is 1. The Morgan fingerprint density at radius 1 is 1.32 bits per heavy atom. The van der Waals surface area contributed by atoms with Crippen molar-refractivity contribution in [3.63, 3.8) is 0 Å². The third-order valence-corrected chi connectivity index (χ3v) is 5.94. The van der Waals surface area contributed by atoms with Crippen molar-refractivity contribution in [2.75, 3.05) is 31.2 Å². The van der Waals surface area contributed by atoms with E-state index < -0.39 is 5.97 Å². The molecule has 5 heteroatoms. The molecule has 0 saturated carbocycles. The highest BCUT2D eigenvalue weighted by atomic mass is 32.2. The number of nitrogens with zero attached hydrogens (tertiary/aromatic N) is 1. The van der Waals surface area contributed by atoms with Gasteiger partial charge in [0.15, 0.2) is 0 Å². The first kappa shape index (κ1) is 13.7. The number of hydrogen-bond acceptors (Lipinski definition) is 4. The van der Waals surface area contributed by atoms with Crippen LogP contribution in [-0.2, 0) is 9.53 Å². The van der Waals surface area contributed by atoms with Crippen molar-refractivity contribution in [3.8, 4) is 0 Å². The van der Waals surface area contributed by atoms with E-state index in [1.54, 1.807) is 0 Å². The molecule has 1 N–H and O–H groups in total. The summed E-state index contributed by atoms with van der Waals surface area (Å²) in [7, 11) is 0. The lowest BCUT2D eigenvalue weighted by atomic mass is 9.85. The molecule has 0 aromatic rings. The van der Waals surface area contributed by atoms with E-state index in [-0.39, 0.29) is 11.5 Å². The van der Waals surface area contributed by atoms with Gasteiger partial charge in [-0.15, -0.1) is 0 Å². The van der Waals surface area contributed by atoms with Crippen molar-refractivity contribution < 1.29 is 14.6 Å². The van der Waals surface area contributed by atoms with Crippen molar-refractivity contribution in [3.05, 3.63) is 0 Å². The molecule has 108 valence electrons. The third kappa shape index (κ3) is 2.93. The van der Waals surface area contributed by atoms with E-state index >= 15 is 0 Å². The monoisotopic (exact) mass is 285 g/mol. The number of rotatable bonds is 2. The summed E-state index contributed by atoms with van der Waals surface area (Å²) in [6, 6.07) is 0.543. The Morgan fingerprint density at radius 3 is 2.79 bits per heavy atom. The fourth-order valence-corrected chi connectivity index (χ4v) is 4.96. The maximum atomic E-state index is 11.1. The van der Waals surface area contributed by atoms with E-state index in [9.17, 15) is 4.79 Å². The van der Waals surface area contributed by atoms with Crippen molar-refractivity contribution in [2.45, 2.75) is 43.7 Å². The second-order valence-corrected chi connectivity index (χ2v) is 7.33. The van der Waals surface area contributed by atoms with Gasteiger partial charge in [0.1, 0.15) is 0 Å². The SMILES string of the molecule is O=C(O)C1CCN(C2CCOC3(CCSCC3)C2)C1. The number of ether oxygens (including phenoxy) is 1. The topological polar surface area (TPSA) is 49.8 Å². The van der Waals surface area contributed by atoms with Crippen LogP contribution in [0.15, 0.2) is 0 Å². The van der Waals surface area contributed by atoms with E-state index in [2.05, 4.69) is 4.90 Å². The van der Waals surface area contributed by atoms with Crippen LogP contribution in [0.2, 0.25) is 0 Å². The summed E-state index contributed by atoms with van der Waals surface area (Å²) in [6.07, 6.45) is 5.34. The Kier molecular flexibility index (Phi) is 4.06. The first-order valence-corrected chi connectivity index (χ1v) is 8.53. The lowest BCUT2D eigenvalue weighted by Gasteiger charge is -2.45. The molecule has 3 rings (SSSR count). The van der Waals surface area contributed by atoms with Gasteiger partial charge in [-0.3, -0.25) is 9.69 Å². The minimum Gasteiger partial charge on any atom is -0.481 e. The predicted molar refractivity (Wildman–Crippen MR) is 75.6 cm³/mol. The fourth-order valence-electron chi connectivity index (χ4n) is 3.73. The number of thioether (sulfide) groups is 1. The Hall–Kier alpha value is -0.260.